The maximum Gasteiger partial charge on any atom is 0.246 e. The first-order valence-corrected chi connectivity index (χ1v) is 6.46. The predicted molar refractivity (Wildman–Crippen MR) is 69.0 cm³/mol. The first kappa shape index (κ1) is 13.5. The highest BCUT2D eigenvalue weighted by atomic mass is 16.5. The summed E-state index contributed by atoms with van der Waals surface area (Å²) in [6.45, 7) is 6.94. The summed E-state index contributed by atoms with van der Waals surface area (Å²) in [7, 11) is 4.20. The molecule has 18 heavy (non-hydrogen) atoms. The number of nitrogens with two attached hydrogens (primary N) is 1. The average molecular weight is 253 g/mol. The number of piperazine rings is 1. The van der Waals surface area contributed by atoms with Crippen molar-refractivity contribution in [3.63, 3.8) is 0 Å². The number of rotatable bonds is 3. The van der Waals surface area contributed by atoms with Gasteiger partial charge < -0.3 is 15.2 Å². The Hall–Kier alpha value is -0.980. The van der Waals surface area contributed by atoms with Gasteiger partial charge in [-0.1, -0.05) is 12.1 Å². The molecule has 2 heterocycles. The Bertz CT molecular complexity index is 403. The second-order valence-corrected chi connectivity index (χ2v) is 5.49. The SMILES string of the molecule is CCC(C)(N)c1nc(C2CN(C)CCN2C)no1. The van der Waals surface area contributed by atoms with Gasteiger partial charge in [0.15, 0.2) is 5.82 Å². The summed E-state index contributed by atoms with van der Waals surface area (Å²) in [4.78, 5) is 9.03. The highest BCUT2D eigenvalue weighted by Crippen LogP contribution is 2.24. The van der Waals surface area contributed by atoms with E-state index in [1.807, 2.05) is 13.8 Å². The molecule has 0 spiro atoms. The van der Waals surface area contributed by atoms with Crippen LogP contribution in [0.25, 0.3) is 0 Å². The fourth-order valence-electron chi connectivity index (χ4n) is 2.04. The maximum atomic E-state index is 6.12. The summed E-state index contributed by atoms with van der Waals surface area (Å²) in [5.41, 5.74) is 5.58. The molecule has 6 nitrogen and oxygen atoms in total. The van der Waals surface area contributed by atoms with Gasteiger partial charge in [0.25, 0.3) is 0 Å². The van der Waals surface area contributed by atoms with Gasteiger partial charge in [0.05, 0.1) is 11.6 Å². The van der Waals surface area contributed by atoms with E-state index in [2.05, 4.69) is 34.0 Å². The second kappa shape index (κ2) is 4.95. The third-order valence-electron chi connectivity index (χ3n) is 3.81. The molecule has 0 saturated carbocycles. The van der Waals surface area contributed by atoms with E-state index in [-0.39, 0.29) is 6.04 Å². The largest absolute Gasteiger partial charge is 0.337 e. The second-order valence-electron chi connectivity index (χ2n) is 5.49. The zero-order valence-electron chi connectivity index (χ0n) is 11.7. The summed E-state index contributed by atoms with van der Waals surface area (Å²) in [6.07, 6.45) is 0.773. The lowest BCUT2D eigenvalue weighted by Crippen LogP contribution is -2.45. The van der Waals surface area contributed by atoms with E-state index in [0.717, 1.165) is 31.9 Å². The molecular formula is C12H23N5O. The number of nitrogens with zero attached hydrogens (tertiary/aromatic N) is 4. The van der Waals surface area contributed by atoms with Gasteiger partial charge in [0, 0.05) is 19.6 Å². The van der Waals surface area contributed by atoms with Crippen LogP contribution in [0.5, 0.6) is 0 Å². The molecule has 2 atom stereocenters. The van der Waals surface area contributed by atoms with E-state index >= 15 is 0 Å². The molecule has 1 fully saturated rings. The van der Waals surface area contributed by atoms with Gasteiger partial charge in [0.2, 0.25) is 5.89 Å². The molecule has 0 amide bonds. The van der Waals surface area contributed by atoms with E-state index in [1.165, 1.54) is 0 Å². The molecule has 1 aromatic heterocycles. The molecule has 0 aliphatic carbocycles. The van der Waals surface area contributed by atoms with E-state index < -0.39 is 5.54 Å². The van der Waals surface area contributed by atoms with Crippen LogP contribution in [0.2, 0.25) is 0 Å². The van der Waals surface area contributed by atoms with Crippen molar-refractivity contribution in [1.29, 1.82) is 0 Å². The van der Waals surface area contributed by atoms with Gasteiger partial charge in [-0.2, -0.15) is 4.98 Å². The normalized spacial score (nSPS) is 26.2. The van der Waals surface area contributed by atoms with Crippen molar-refractivity contribution < 1.29 is 4.52 Å². The third kappa shape index (κ3) is 2.55. The molecule has 2 rings (SSSR count). The van der Waals surface area contributed by atoms with Gasteiger partial charge in [-0.3, -0.25) is 4.90 Å². The summed E-state index contributed by atoms with van der Waals surface area (Å²) in [6, 6.07) is 0.189. The quantitative estimate of drug-likeness (QED) is 0.849. The summed E-state index contributed by atoms with van der Waals surface area (Å²) in [5, 5.41) is 4.10. The van der Waals surface area contributed by atoms with Crippen LogP contribution >= 0.6 is 0 Å². The molecule has 1 aromatic rings. The van der Waals surface area contributed by atoms with Crippen LogP contribution in [0.4, 0.5) is 0 Å². The van der Waals surface area contributed by atoms with Crippen molar-refractivity contribution in [2.45, 2.75) is 31.8 Å². The number of hydrogen-bond donors (Lipinski definition) is 1. The first-order valence-electron chi connectivity index (χ1n) is 6.46. The minimum Gasteiger partial charge on any atom is -0.337 e. The molecule has 102 valence electrons. The van der Waals surface area contributed by atoms with Gasteiger partial charge in [-0.15, -0.1) is 0 Å². The third-order valence-corrected chi connectivity index (χ3v) is 3.81. The van der Waals surface area contributed by atoms with Crippen molar-refractivity contribution in [1.82, 2.24) is 19.9 Å². The number of hydrogen-bond acceptors (Lipinski definition) is 6. The lowest BCUT2D eigenvalue weighted by Gasteiger charge is -2.35. The predicted octanol–water partition coefficient (Wildman–Crippen LogP) is 0.572. The summed E-state index contributed by atoms with van der Waals surface area (Å²) in [5.74, 6) is 1.27. The molecule has 1 aliphatic heterocycles. The van der Waals surface area contributed by atoms with E-state index in [4.69, 9.17) is 10.3 Å². The van der Waals surface area contributed by atoms with Crippen molar-refractivity contribution in [2.24, 2.45) is 5.73 Å². The highest BCUT2D eigenvalue weighted by molar-refractivity contribution is 5.03. The van der Waals surface area contributed by atoms with Gasteiger partial charge in [-0.05, 0) is 27.4 Å². The molecule has 2 N–H and O–H groups in total. The number of aromatic nitrogens is 2. The molecular weight excluding hydrogens is 230 g/mol. The molecule has 1 saturated heterocycles. The van der Waals surface area contributed by atoms with Gasteiger partial charge in [0.1, 0.15) is 0 Å². The Morgan fingerprint density at radius 1 is 1.44 bits per heavy atom. The van der Waals surface area contributed by atoms with Crippen LogP contribution in [0.3, 0.4) is 0 Å². The zero-order valence-corrected chi connectivity index (χ0v) is 11.7. The highest BCUT2D eigenvalue weighted by Gasteiger charge is 2.31. The zero-order chi connectivity index (χ0) is 13.3. The van der Waals surface area contributed by atoms with Crippen LogP contribution < -0.4 is 5.73 Å². The first-order chi connectivity index (χ1) is 8.44. The molecule has 0 bridgehead atoms. The number of likely N-dealkylation sites (N-methyl/N-ethyl adjacent to an activating group) is 2. The Morgan fingerprint density at radius 3 is 2.83 bits per heavy atom. The molecule has 0 aromatic carbocycles. The van der Waals surface area contributed by atoms with Crippen LogP contribution in [0.1, 0.15) is 38.0 Å². The molecule has 0 radical (unpaired) electrons. The van der Waals surface area contributed by atoms with Crippen LogP contribution in [0.15, 0.2) is 4.52 Å². The summed E-state index contributed by atoms with van der Waals surface area (Å²) < 4.78 is 5.33. The van der Waals surface area contributed by atoms with Crippen molar-refractivity contribution in [3.05, 3.63) is 11.7 Å². The van der Waals surface area contributed by atoms with Crippen LogP contribution in [-0.2, 0) is 5.54 Å². The smallest absolute Gasteiger partial charge is 0.246 e. The minimum absolute atomic E-state index is 0.189. The maximum absolute atomic E-state index is 6.12. The van der Waals surface area contributed by atoms with Crippen molar-refractivity contribution in [2.75, 3.05) is 33.7 Å². The van der Waals surface area contributed by atoms with Crippen molar-refractivity contribution in [3.8, 4) is 0 Å². The van der Waals surface area contributed by atoms with E-state index in [9.17, 15) is 0 Å². The topological polar surface area (TPSA) is 71.4 Å². The Labute approximate surface area is 108 Å². The Balaban J connectivity index is 2.19. The average Bonchev–Trinajstić information content (AvgIpc) is 2.82. The Morgan fingerprint density at radius 2 is 2.17 bits per heavy atom. The molecule has 1 aliphatic rings. The van der Waals surface area contributed by atoms with Gasteiger partial charge in [-0.25, -0.2) is 0 Å². The minimum atomic E-state index is -0.537. The van der Waals surface area contributed by atoms with Crippen LogP contribution in [-0.4, -0.2) is 53.7 Å². The lowest BCUT2D eigenvalue weighted by molar-refractivity contribution is 0.108. The monoisotopic (exact) mass is 253 g/mol. The van der Waals surface area contributed by atoms with Crippen molar-refractivity contribution >= 4 is 0 Å². The fraction of sp³-hybridized carbons (Fsp3) is 0.833. The standard InChI is InChI=1S/C12H23N5O/c1-5-12(2,13)11-14-10(15-18-11)9-8-16(3)6-7-17(9)4/h9H,5-8,13H2,1-4H3. The summed E-state index contributed by atoms with van der Waals surface area (Å²) >= 11 is 0. The molecule has 2 unspecified atom stereocenters. The fourth-order valence-corrected chi connectivity index (χ4v) is 2.04. The van der Waals surface area contributed by atoms with E-state index in [1.54, 1.807) is 0 Å². The lowest BCUT2D eigenvalue weighted by atomic mass is 10.0. The van der Waals surface area contributed by atoms with Crippen LogP contribution in [0, 0.1) is 0 Å². The van der Waals surface area contributed by atoms with Gasteiger partial charge >= 0.3 is 0 Å². The van der Waals surface area contributed by atoms with E-state index in [0.29, 0.717) is 5.89 Å². The molecule has 6 heteroatoms. The Kier molecular flexibility index (Phi) is 3.70.